The molecule has 0 saturated heterocycles. The highest BCUT2D eigenvalue weighted by Crippen LogP contribution is 2.18. The normalized spacial score (nSPS) is 11.1. The third-order valence-corrected chi connectivity index (χ3v) is 4.69. The number of rotatable bonds is 5. The molecule has 8 heteroatoms. The molecule has 0 radical (unpaired) electrons. The summed E-state index contributed by atoms with van der Waals surface area (Å²) in [6, 6.07) is 9.28. The summed E-state index contributed by atoms with van der Waals surface area (Å²) in [6.07, 6.45) is 0. The lowest BCUT2D eigenvalue weighted by Gasteiger charge is -2.09. The van der Waals surface area contributed by atoms with Crippen LogP contribution in [-0.4, -0.2) is 20.9 Å². The van der Waals surface area contributed by atoms with Crippen LogP contribution in [0.1, 0.15) is 17.3 Å². The first-order valence-corrected chi connectivity index (χ1v) is 8.86. The molecule has 0 spiro atoms. The van der Waals surface area contributed by atoms with E-state index < -0.39 is 21.7 Å². The molecule has 0 unspecified atom stereocenters. The van der Waals surface area contributed by atoms with Crippen molar-refractivity contribution < 1.29 is 22.3 Å². The molecule has 0 aliphatic carbocycles. The molecule has 122 valence electrons. The van der Waals surface area contributed by atoms with E-state index in [1.165, 1.54) is 36.4 Å². The Morgan fingerprint density at radius 2 is 1.87 bits per heavy atom. The smallest absolute Gasteiger partial charge is 0.267 e. The molecule has 0 bridgehead atoms. The van der Waals surface area contributed by atoms with Gasteiger partial charge < -0.3 is 4.74 Å². The first-order chi connectivity index (χ1) is 10.8. The number of benzene rings is 2. The highest BCUT2D eigenvalue weighted by molar-refractivity contribution is 9.10. The Balaban J connectivity index is 2.21. The van der Waals surface area contributed by atoms with E-state index in [1.807, 2.05) is 4.72 Å². The minimum absolute atomic E-state index is 0.119. The van der Waals surface area contributed by atoms with Gasteiger partial charge in [0.25, 0.3) is 15.9 Å². The molecule has 0 aliphatic rings. The molecule has 2 aromatic rings. The average Bonchev–Trinajstić information content (AvgIpc) is 2.47. The van der Waals surface area contributed by atoms with Crippen LogP contribution in [0.3, 0.4) is 0 Å². The molecule has 1 amide bonds. The molecule has 0 aromatic heterocycles. The summed E-state index contributed by atoms with van der Waals surface area (Å²) in [5, 5.41) is 0. The van der Waals surface area contributed by atoms with E-state index in [0.29, 0.717) is 16.8 Å². The minimum Gasteiger partial charge on any atom is -0.494 e. The summed E-state index contributed by atoms with van der Waals surface area (Å²) in [5.41, 5.74) is -0.359. The number of hydrogen-bond donors (Lipinski definition) is 1. The van der Waals surface area contributed by atoms with Gasteiger partial charge in [-0.25, -0.2) is 17.5 Å². The topological polar surface area (TPSA) is 72.5 Å². The van der Waals surface area contributed by atoms with Crippen LogP contribution in [-0.2, 0) is 10.0 Å². The second-order valence-corrected chi connectivity index (χ2v) is 7.06. The third-order valence-electron chi connectivity index (χ3n) is 2.85. The Morgan fingerprint density at radius 1 is 1.22 bits per heavy atom. The maximum Gasteiger partial charge on any atom is 0.267 e. The Kier molecular flexibility index (Phi) is 5.38. The van der Waals surface area contributed by atoms with Gasteiger partial charge in [-0.2, -0.15) is 0 Å². The number of halogens is 2. The van der Waals surface area contributed by atoms with Gasteiger partial charge in [-0.05, 0) is 49.4 Å². The first kappa shape index (κ1) is 17.4. The molecule has 0 saturated carbocycles. The SMILES string of the molecule is CCOc1ccc(S(=O)(=O)NC(=O)c2ccc(Br)cc2F)cc1. The highest BCUT2D eigenvalue weighted by Gasteiger charge is 2.21. The van der Waals surface area contributed by atoms with Gasteiger partial charge in [-0.1, -0.05) is 15.9 Å². The predicted octanol–water partition coefficient (Wildman–Crippen LogP) is 3.11. The van der Waals surface area contributed by atoms with Gasteiger partial charge in [0.15, 0.2) is 0 Å². The summed E-state index contributed by atoms with van der Waals surface area (Å²) < 4.78 is 45.5. The lowest BCUT2D eigenvalue weighted by molar-refractivity contribution is 0.0977. The number of carbonyl (C=O) groups excluding carboxylic acids is 1. The standard InChI is InChI=1S/C15H13BrFNO4S/c1-2-22-11-4-6-12(7-5-11)23(20,21)18-15(19)13-8-3-10(16)9-14(13)17/h3-9H,2H2,1H3,(H,18,19). The van der Waals surface area contributed by atoms with Crippen LogP contribution < -0.4 is 9.46 Å². The van der Waals surface area contributed by atoms with Crippen LogP contribution in [0.2, 0.25) is 0 Å². The van der Waals surface area contributed by atoms with Crippen molar-refractivity contribution in [2.45, 2.75) is 11.8 Å². The second kappa shape index (κ2) is 7.10. The number of carbonyl (C=O) groups is 1. The van der Waals surface area contributed by atoms with Crippen LogP contribution in [0.25, 0.3) is 0 Å². The monoisotopic (exact) mass is 401 g/mol. The lowest BCUT2D eigenvalue weighted by Crippen LogP contribution is -2.31. The van der Waals surface area contributed by atoms with Crippen molar-refractivity contribution >= 4 is 31.9 Å². The van der Waals surface area contributed by atoms with Crippen molar-refractivity contribution in [2.24, 2.45) is 0 Å². The van der Waals surface area contributed by atoms with Crippen molar-refractivity contribution in [3.05, 3.63) is 58.3 Å². The zero-order valence-corrected chi connectivity index (χ0v) is 14.4. The fraction of sp³-hybridized carbons (Fsp3) is 0.133. The second-order valence-electron chi connectivity index (χ2n) is 4.46. The van der Waals surface area contributed by atoms with Crippen LogP contribution >= 0.6 is 15.9 Å². The Hall–Kier alpha value is -1.93. The molecule has 0 fully saturated rings. The third kappa shape index (κ3) is 4.29. The summed E-state index contributed by atoms with van der Waals surface area (Å²) in [6.45, 7) is 2.25. The van der Waals surface area contributed by atoms with E-state index in [2.05, 4.69) is 15.9 Å². The van der Waals surface area contributed by atoms with E-state index in [-0.39, 0.29) is 10.5 Å². The van der Waals surface area contributed by atoms with E-state index in [0.717, 1.165) is 6.07 Å². The van der Waals surface area contributed by atoms with Crippen molar-refractivity contribution in [3.8, 4) is 5.75 Å². The molecular formula is C15H13BrFNO4S. The first-order valence-electron chi connectivity index (χ1n) is 6.58. The minimum atomic E-state index is -4.10. The number of amides is 1. The lowest BCUT2D eigenvalue weighted by atomic mass is 10.2. The van der Waals surface area contributed by atoms with Gasteiger partial charge in [0, 0.05) is 4.47 Å². The molecule has 1 N–H and O–H groups in total. The maximum absolute atomic E-state index is 13.7. The van der Waals surface area contributed by atoms with Gasteiger partial charge in [0.2, 0.25) is 0 Å². The van der Waals surface area contributed by atoms with Crippen molar-refractivity contribution in [3.63, 3.8) is 0 Å². The molecule has 5 nitrogen and oxygen atoms in total. The van der Waals surface area contributed by atoms with Crippen LogP contribution in [0.5, 0.6) is 5.75 Å². The van der Waals surface area contributed by atoms with Gasteiger partial charge in [0.05, 0.1) is 17.1 Å². The average molecular weight is 402 g/mol. The van der Waals surface area contributed by atoms with Crippen molar-refractivity contribution in [1.29, 1.82) is 0 Å². The summed E-state index contributed by atoms with van der Waals surface area (Å²) in [4.78, 5) is 11.8. The largest absolute Gasteiger partial charge is 0.494 e. The Morgan fingerprint density at radius 3 is 2.43 bits per heavy atom. The van der Waals surface area contributed by atoms with Gasteiger partial charge >= 0.3 is 0 Å². The highest BCUT2D eigenvalue weighted by atomic mass is 79.9. The molecule has 2 rings (SSSR count). The molecule has 2 aromatic carbocycles. The van der Waals surface area contributed by atoms with Gasteiger partial charge in [-0.15, -0.1) is 0 Å². The van der Waals surface area contributed by atoms with Crippen LogP contribution in [0.15, 0.2) is 51.8 Å². The van der Waals surface area contributed by atoms with E-state index >= 15 is 0 Å². The van der Waals surface area contributed by atoms with Crippen molar-refractivity contribution in [2.75, 3.05) is 6.61 Å². The molecule has 0 heterocycles. The summed E-state index contributed by atoms with van der Waals surface area (Å²) >= 11 is 3.06. The zero-order chi connectivity index (χ0) is 17.0. The van der Waals surface area contributed by atoms with Crippen LogP contribution in [0, 0.1) is 5.82 Å². The van der Waals surface area contributed by atoms with E-state index in [1.54, 1.807) is 6.92 Å². The van der Waals surface area contributed by atoms with Gasteiger partial charge in [0.1, 0.15) is 11.6 Å². The summed E-state index contributed by atoms with van der Waals surface area (Å²) in [5.74, 6) is -1.35. The fourth-order valence-corrected chi connectivity index (χ4v) is 3.09. The maximum atomic E-state index is 13.7. The van der Waals surface area contributed by atoms with Crippen molar-refractivity contribution in [1.82, 2.24) is 4.72 Å². The quantitative estimate of drug-likeness (QED) is 0.835. The molecular weight excluding hydrogens is 389 g/mol. The number of hydrogen-bond acceptors (Lipinski definition) is 4. The Bertz CT molecular complexity index is 822. The predicted molar refractivity (Wildman–Crippen MR) is 86.4 cm³/mol. The zero-order valence-electron chi connectivity index (χ0n) is 12.0. The number of nitrogens with one attached hydrogen (secondary N) is 1. The van der Waals surface area contributed by atoms with E-state index in [9.17, 15) is 17.6 Å². The molecule has 0 atom stereocenters. The van der Waals surface area contributed by atoms with Gasteiger partial charge in [-0.3, -0.25) is 4.79 Å². The summed E-state index contributed by atoms with van der Waals surface area (Å²) in [7, 11) is -4.10. The Labute approximate surface area is 141 Å². The molecule has 0 aliphatic heterocycles. The fourth-order valence-electron chi connectivity index (χ4n) is 1.79. The number of ether oxygens (including phenoxy) is 1. The number of sulfonamides is 1. The molecule has 23 heavy (non-hydrogen) atoms. The van der Waals surface area contributed by atoms with Crippen LogP contribution in [0.4, 0.5) is 4.39 Å². The van der Waals surface area contributed by atoms with E-state index in [4.69, 9.17) is 4.74 Å².